The average Bonchev–Trinajstić information content (AvgIpc) is 2.70. The number of carbonyl (C=O) groups excluding carboxylic acids is 2. The molecule has 3 aromatic rings. The molecule has 0 radical (unpaired) electrons. The maximum absolute atomic E-state index is 12.3. The topological polar surface area (TPSA) is 67.8 Å². The van der Waals surface area contributed by atoms with Crippen LogP contribution < -0.4 is 10.2 Å². The molecule has 3 aromatic carbocycles. The number of hydrazone groups is 1. The molecule has 0 saturated heterocycles. The summed E-state index contributed by atoms with van der Waals surface area (Å²) in [5.74, 6) is -0.704. The lowest BCUT2D eigenvalue weighted by Crippen LogP contribution is -2.18. The second kappa shape index (κ2) is 9.69. The zero-order valence-electron chi connectivity index (χ0n) is 14.7. The second-order valence-electron chi connectivity index (χ2n) is 5.76. The van der Waals surface area contributed by atoms with Crippen LogP contribution in [0, 0.1) is 0 Å². The van der Waals surface area contributed by atoms with Crippen LogP contribution in [0.1, 0.15) is 26.3 Å². The van der Waals surface area contributed by atoms with Gasteiger partial charge in [-0.15, -0.1) is 0 Å². The number of halogens is 3. The van der Waals surface area contributed by atoms with Crippen LogP contribution in [0.2, 0.25) is 10.0 Å². The zero-order valence-corrected chi connectivity index (χ0v) is 17.8. The lowest BCUT2D eigenvalue weighted by atomic mass is 10.2. The SMILES string of the molecule is O=C(Oc1ccc(Br)cc1/C=N\NC(=O)c1ccc(Cl)cc1Cl)c1ccccc1. The van der Waals surface area contributed by atoms with Gasteiger partial charge in [-0.3, -0.25) is 4.79 Å². The van der Waals surface area contributed by atoms with E-state index in [2.05, 4.69) is 26.5 Å². The summed E-state index contributed by atoms with van der Waals surface area (Å²) in [5, 5.41) is 4.57. The average molecular weight is 492 g/mol. The van der Waals surface area contributed by atoms with E-state index in [1.807, 2.05) is 6.07 Å². The third kappa shape index (κ3) is 5.67. The zero-order chi connectivity index (χ0) is 20.8. The number of benzene rings is 3. The Balaban J connectivity index is 1.75. The van der Waals surface area contributed by atoms with E-state index < -0.39 is 11.9 Å². The Kier molecular flexibility index (Phi) is 7.04. The first-order chi connectivity index (χ1) is 13.9. The third-order valence-corrected chi connectivity index (χ3v) is 4.77. The standard InChI is InChI=1S/C21H13BrCl2N2O3/c22-15-6-9-19(29-21(28)13-4-2-1-3-5-13)14(10-15)12-25-26-20(27)17-8-7-16(23)11-18(17)24/h1-12H,(H,26,27)/b25-12-. The van der Waals surface area contributed by atoms with E-state index in [0.717, 1.165) is 4.47 Å². The summed E-state index contributed by atoms with van der Waals surface area (Å²) in [6, 6.07) is 18.2. The van der Waals surface area contributed by atoms with Gasteiger partial charge in [-0.25, -0.2) is 10.2 Å². The molecule has 0 aliphatic carbocycles. The van der Waals surface area contributed by atoms with Gasteiger partial charge in [0, 0.05) is 15.1 Å². The number of esters is 1. The Morgan fingerprint density at radius 2 is 1.76 bits per heavy atom. The number of carbonyl (C=O) groups is 2. The van der Waals surface area contributed by atoms with Crippen LogP contribution in [0.3, 0.4) is 0 Å². The van der Waals surface area contributed by atoms with Crippen LogP contribution in [0.5, 0.6) is 5.75 Å². The van der Waals surface area contributed by atoms with Crippen molar-refractivity contribution in [3.05, 3.63) is 97.9 Å². The summed E-state index contributed by atoms with van der Waals surface area (Å²) < 4.78 is 6.22. The van der Waals surface area contributed by atoms with E-state index in [9.17, 15) is 9.59 Å². The van der Waals surface area contributed by atoms with Gasteiger partial charge in [0.25, 0.3) is 5.91 Å². The van der Waals surface area contributed by atoms with Crippen LogP contribution >= 0.6 is 39.1 Å². The van der Waals surface area contributed by atoms with Crippen LogP contribution in [-0.4, -0.2) is 18.1 Å². The maximum atomic E-state index is 12.3. The first-order valence-electron chi connectivity index (χ1n) is 8.29. The van der Waals surface area contributed by atoms with Crippen molar-refractivity contribution in [2.45, 2.75) is 0 Å². The normalized spacial score (nSPS) is 10.7. The Bertz CT molecular complexity index is 1090. The molecular formula is C21H13BrCl2N2O3. The number of nitrogens with one attached hydrogen (secondary N) is 1. The fraction of sp³-hybridized carbons (Fsp3) is 0. The number of hydrogen-bond donors (Lipinski definition) is 1. The fourth-order valence-electron chi connectivity index (χ4n) is 2.34. The van der Waals surface area contributed by atoms with Gasteiger partial charge >= 0.3 is 5.97 Å². The molecule has 0 heterocycles. The maximum Gasteiger partial charge on any atom is 0.343 e. The number of nitrogens with zero attached hydrogens (tertiary/aromatic N) is 1. The first kappa shape index (κ1) is 21.0. The summed E-state index contributed by atoms with van der Waals surface area (Å²) >= 11 is 15.2. The second-order valence-corrected chi connectivity index (χ2v) is 7.52. The largest absolute Gasteiger partial charge is 0.422 e. The van der Waals surface area contributed by atoms with Gasteiger partial charge in [-0.2, -0.15) is 5.10 Å². The minimum absolute atomic E-state index is 0.213. The molecule has 0 aromatic heterocycles. The minimum atomic E-state index is -0.500. The smallest absolute Gasteiger partial charge is 0.343 e. The number of ether oxygens (including phenoxy) is 1. The van der Waals surface area contributed by atoms with Gasteiger partial charge < -0.3 is 4.74 Å². The Labute approximate surface area is 185 Å². The molecule has 0 aliphatic heterocycles. The number of amides is 1. The molecule has 0 aliphatic rings. The van der Waals surface area contributed by atoms with Crippen molar-refractivity contribution in [1.82, 2.24) is 5.43 Å². The molecule has 0 spiro atoms. The van der Waals surface area contributed by atoms with E-state index in [1.165, 1.54) is 18.3 Å². The molecule has 29 heavy (non-hydrogen) atoms. The van der Waals surface area contributed by atoms with E-state index in [4.69, 9.17) is 27.9 Å². The molecule has 0 atom stereocenters. The van der Waals surface area contributed by atoms with Crippen molar-refractivity contribution in [2.24, 2.45) is 5.10 Å². The van der Waals surface area contributed by atoms with E-state index in [0.29, 0.717) is 21.9 Å². The summed E-state index contributed by atoms with van der Waals surface area (Å²) in [5.41, 5.74) is 3.53. The molecule has 1 N–H and O–H groups in total. The highest BCUT2D eigenvalue weighted by molar-refractivity contribution is 9.10. The minimum Gasteiger partial charge on any atom is -0.422 e. The van der Waals surface area contributed by atoms with Crippen LogP contribution in [0.4, 0.5) is 0 Å². The summed E-state index contributed by atoms with van der Waals surface area (Å²) in [7, 11) is 0. The predicted molar refractivity (Wildman–Crippen MR) is 117 cm³/mol. The molecule has 8 heteroatoms. The van der Waals surface area contributed by atoms with Crippen molar-refractivity contribution >= 4 is 57.2 Å². The molecule has 0 unspecified atom stereocenters. The van der Waals surface area contributed by atoms with E-state index >= 15 is 0 Å². The van der Waals surface area contributed by atoms with Crippen molar-refractivity contribution in [3.8, 4) is 5.75 Å². The molecule has 146 valence electrons. The van der Waals surface area contributed by atoms with Crippen LogP contribution in [0.15, 0.2) is 76.3 Å². The molecule has 0 fully saturated rings. The first-order valence-corrected chi connectivity index (χ1v) is 9.84. The van der Waals surface area contributed by atoms with Gasteiger partial charge in [-0.05, 0) is 48.5 Å². The lowest BCUT2D eigenvalue weighted by Gasteiger charge is -2.08. The summed E-state index contributed by atoms with van der Waals surface area (Å²) in [4.78, 5) is 24.5. The summed E-state index contributed by atoms with van der Waals surface area (Å²) in [6.45, 7) is 0. The van der Waals surface area contributed by atoms with E-state index in [-0.39, 0.29) is 10.6 Å². The number of rotatable bonds is 5. The van der Waals surface area contributed by atoms with Crippen LogP contribution in [0.25, 0.3) is 0 Å². The van der Waals surface area contributed by atoms with Crippen molar-refractivity contribution in [1.29, 1.82) is 0 Å². The Morgan fingerprint density at radius 3 is 2.48 bits per heavy atom. The fourth-order valence-corrected chi connectivity index (χ4v) is 3.21. The highest BCUT2D eigenvalue weighted by Crippen LogP contribution is 2.23. The Morgan fingerprint density at radius 1 is 1.00 bits per heavy atom. The van der Waals surface area contributed by atoms with Crippen molar-refractivity contribution < 1.29 is 14.3 Å². The molecule has 3 rings (SSSR count). The quantitative estimate of drug-likeness (QED) is 0.214. The molecule has 0 saturated carbocycles. The Hall–Kier alpha value is -2.67. The molecule has 5 nitrogen and oxygen atoms in total. The third-order valence-electron chi connectivity index (χ3n) is 3.73. The van der Waals surface area contributed by atoms with Crippen molar-refractivity contribution in [2.75, 3.05) is 0 Å². The summed E-state index contributed by atoms with van der Waals surface area (Å²) in [6.07, 6.45) is 1.38. The van der Waals surface area contributed by atoms with E-state index in [1.54, 1.807) is 48.5 Å². The van der Waals surface area contributed by atoms with Gasteiger partial charge in [0.1, 0.15) is 5.75 Å². The predicted octanol–water partition coefficient (Wildman–Crippen LogP) is 5.74. The van der Waals surface area contributed by atoms with Gasteiger partial charge in [0.2, 0.25) is 0 Å². The highest BCUT2D eigenvalue weighted by atomic mass is 79.9. The molecule has 0 bridgehead atoms. The molecular weight excluding hydrogens is 479 g/mol. The number of hydrogen-bond acceptors (Lipinski definition) is 4. The van der Waals surface area contributed by atoms with Gasteiger partial charge in [-0.1, -0.05) is 57.3 Å². The van der Waals surface area contributed by atoms with Gasteiger partial charge in [0.15, 0.2) is 0 Å². The van der Waals surface area contributed by atoms with Crippen molar-refractivity contribution in [3.63, 3.8) is 0 Å². The molecule has 1 amide bonds. The van der Waals surface area contributed by atoms with Gasteiger partial charge in [0.05, 0.1) is 22.4 Å². The lowest BCUT2D eigenvalue weighted by molar-refractivity contribution is 0.0734. The van der Waals surface area contributed by atoms with Crippen LogP contribution in [-0.2, 0) is 0 Å². The monoisotopic (exact) mass is 490 g/mol. The highest BCUT2D eigenvalue weighted by Gasteiger charge is 2.12.